The van der Waals surface area contributed by atoms with Gasteiger partial charge in [0.25, 0.3) is 17.4 Å². The number of hydrogen-bond acceptors (Lipinski definition) is 3. The highest BCUT2D eigenvalue weighted by atomic mass is 16.2. The van der Waals surface area contributed by atoms with Crippen LogP contribution in [0.25, 0.3) is 0 Å². The van der Waals surface area contributed by atoms with Crippen LogP contribution >= 0.6 is 0 Å². The van der Waals surface area contributed by atoms with Crippen LogP contribution in [0, 0.1) is 0 Å². The van der Waals surface area contributed by atoms with Crippen LogP contribution in [0.15, 0.2) is 47.4 Å². The highest BCUT2D eigenvalue weighted by molar-refractivity contribution is 5.95. The summed E-state index contributed by atoms with van der Waals surface area (Å²) in [5, 5.41) is 0. The lowest BCUT2D eigenvalue weighted by molar-refractivity contribution is 0.0534. The van der Waals surface area contributed by atoms with Gasteiger partial charge in [-0.1, -0.05) is 19.1 Å². The molecule has 3 rings (SSSR count). The second-order valence-electron chi connectivity index (χ2n) is 6.05. The average Bonchev–Trinajstić information content (AvgIpc) is 2.67. The number of carbonyl (C=O) groups excluding carboxylic acids is 2. The second-order valence-corrected chi connectivity index (χ2v) is 6.05. The number of benzene rings is 1. The van der Waals surface area contributed by atoms with E-state index in [4.69, 9.17) is 0 Å². The largest absolute Gasteiger partial charge is 0.335 e. The molecule has 1 aliphatic rings. The summed E-state index contributed by atoms with van der Waals surface area (Å²) in [7, 11) is 0. The minimum Gasteiger partial charge on any atom is -0.335 e. The Balaban J connectivity index is 1.63. The molecule has 6 heteroatoms. The van der Waals surface area contributed by atoms with Gasteiger partial charge in [0.2, 0.25) is 0 Å². The van der Waals surface area contributed by atoms with Gasteiger partial charge in [-0.15, -0.1) is 0 Å². The van der Waals surface area contributed by atoms with E-state index < -0.39 is 0 Å². The number of piperazine rings is 1. The Bertz CT molecular complexity index is 818. The molecule has 1 aromatic carbocycles. The monoisotopic (exact) mass is 339 g/mol. The van der Waals surface area contributed by atoms with Gasteiger partial charge in [0, 0.05) is 37.9 Å². The van der Waals surface area contributed by atoms with E-state index in [-0.39, 0.29) is 22.9 Å². The van der Waals surface area contributed by atoms with Crippen molar-refractivity contribution >= 4 is 11.8 Å². The Hall–Kier alpha value is -2.89. The molecule has 2 aromatic rings. The van der Waals surface area contributed by atoms with Gasteiger partial charge in [0.15, 0.2) is 0 Å². The molecule has 1 fully saturated rings. The van der Waals surface area contributed by atoms with E-state index in [1.165, 1.54) is 17.8 Å². The van der Waals surface area contributed by atoms with E-state index in [0.717, 1.165) is 6.42 Å². The average molecular weight is 339 g/mol. The Morgan fingerprint density at radius 1 is 0.960 bits per heavy atom. The molecule has 1 aliphatic heterocycles. The zero-order valence-corrected chi connectivity index (χ0v) is 14.2. The minimum absolute atomic E-state index is 0.0210. The predicted octanol–water partition coefficient (Wildman–Crippen LogP) is 1.54. The summed E-state index contributed by atoms with van der Waals surface area (Å²) < 4.78 is 0. The molecule has 1 aromatic heterocycles. The van der Waals surface area contributed by atoms with Crippen molar-refractivity contribution in [3.8, 4) is 0 Å². The van der Waals surface area contributed by atoms with Crippen LogP contribution in [0.4, 0.5) is 0 Å². The lowest BCUT2D eigenvalue weighted by Crippen LogP contribution is -2.51. The van der Waals surface area contributed by atoms with Crippen LogP contribution in [0.5, 0.6) is 0 Å². The number of carbonyl (C=O) groups is 2. The summed E-state index contributed by atoms with van der Waals surface area (Å²) in [6.45, 7) is 3.85. The Labute approximate surface area is 146 Å². The first-order valence-corrected chi connectivity index (χ1v) is 8.45. The molecule has 0 unspecified atom stereocenters. The topological polar surface area (TPSA) is 73.5 Å². The van der Waals surface area contributed by atoms with Crippen LogP contribution in [0.2, 0.25) is 0 Å². The van der Waals surface area contributed by atoms with Crippen molar-refractivity contribution in [1.29, 1.82) is 0 Å². The number of aryl methyl sites for hydroxylation is 1. The molecule has 0 saturated carbocycles. The molecular formula is C19H21N3O3. The zero-order chi connectivity index (χ0) is 17.8. The molecule has 2 heterocycles. The molecule has 130 valence electrons. The number of pyridine rings is 1. The molecule has 2 amide bonds. The summed E-state index contributed by atoms with van der Waals surface area (Å²) in [5.74, 6) is -0.312. The Morgan fingerprint density at radius 3 is 2.12 bits per heavy atom. The molecule has 0 atom stereocenters. The Morgan fingerprint density at radius 2 is 1.56 bits per heavy atom. The number of nitrogens with zero attached hydrogens (tertiary/aromatic N) is 2. The van der Waals surface area contributed by atoms with Gasteiger partial charge in [0.1, 0.15) is 5.56 Å². The van der Waals surface area contributed by atoms with E-state index in [9.17, 15) is 14.4 Å². The maximum atomic E-state index is 12.6. The maximum absolute atomic E-state index is 12.6. The maximum Gasteiger partial charge on any atom is 0.260 e. The first-order chi connectivity index (χ1) is 12.1. The molecule has 25 heavy (non-hydrogen) atoms. The highest BCUT2D eigenvalue weighted by Crippen LogP contribution is 2.12. The standard InChI is InChI=1S/C19H21N3O3/c1-2-14-5-7-15(8-6-14)18(24)21-10-12-22(13-11-21)19(25)16-4-3-9-20-17(16)23/h3-9H,2,10-13H2,1H3,(H,20,23). The van der Waals surface area contributed by atoms with E-state index >= 15 is 0 Å². The summed E-state index contributed by atoms with van der Waals surface area (Å²) in [6, 6.07) is 10.8. The van der Waals surface area contributed by atoms with Crippen molar-refractivity contribution in [3.63, 3.8) is 0 Å². The number of H-pyrrole nitrogens is 1. The van der Waals surface area contributed by atoms with E-state index in [1.54, 1.807) is 15.9 Å². The number of nitrogens with one attached hydrogen (secondary N) is 1. The molecule has 0 radical (unpaired) electrons. The van der Waals surface area contributed by atoms with Gasteiger partial charge in [-0.05, 0) is 36.2 Å². The van der Waals surface area contributed by atoms with Crippen molar-refractivity contribution in [2.24, 2.45) is 0 Å². The molecule has 0 bridgehead atoms. The van der Waals surface area contributed by atoms with Crippen molar-refractivity contribution < 1.29 is 9.59 Å². The number of amides is 2. The van der Waals surface area contributed by atoms with Crippen LogP contribution in [0.3, 0.4) is 0 Å². The van der Waals surface area contributed by atoms with Crippen molar-refractivity contribution in [3.05, 3.63) is 69.6 Å². The van der Waals surface area contributed by atoms with E-state index in [0.29, 0.717) is 31.7 Å². The normalized spacial score (nSPS) is 14.4. The van der Waals surface area contributed by atoms with Crippen molar-refractivity contribution in [1.82, 2.24) is 14.8 Å². The van der Waals surface area contributed by atoms with Crippen LogP contribution in [-0.4, -0.2) is 52.8 Å². The van der Waals surface area contributed by atoms with Gasteiger partial charge in [-0.2, -0.15) is 0 Å². The fourth-order valence-corrected chi connectivity index (χ4v) is 2.94. The predicted molar refractivity (Wildman–Crippen MR) is 94.7 cm³/mol. The highest BCUT2D eigenvalue weighted by Gasteiger charge is 2.26. The summed E-state index contributed by atoms with van der Waals surface area (Å²) in [5.41, 5.74) is 1.61. The summed E-state index contributed by atoms with van der Waals surface area (Å²) in [4.78, 5) is 42.6. The fourth-order valence-electron chi connectivity index (χ4n) is 2.94. The third-order valence-corrected chi connectivity index (χ3v) is 4.51. The smallest absolute Gasteiger partial charge is 0.260 e. The molecule has 1 saturated heterocycles. The van der Waals surface area contributed by atoms with Gasteiger partial charge in [-0.3, -0.25) is 14.4 Å². The lowest BCUT2D eigenvalue weighted by atomic mass is 10.1. The Kier molecular flexibility index (Phi) is 4.97. The van der Waals surface area contributed by atoms with Gasteiger partial charge < -0.3 is 14.8 Å². The number of aromatic amines is 1. The minimum atomic E-state index is -0.387. The van der Waals surface area contributed by atoms with Gasteiger partial charge >= 0.3 is 0 Å². The summed E-state index contributed by atoms with van der Waals surface area (Å²) in [6.07, 6.45) is 2.44. The number of rotatable bonds is 3. The summed E-state index contributed by atoms with van der Waals surface area (Å²) >= 11 is 0. The quantitative estimate of drug-likeness (QED) is 0.922. The van der Waals surface area contributed by atoms with E-state index in [2.05, 4.69) is 11.9 Å². The van der Waals surface area contributed by atoms with Gasteiger partial charge in [-0.25, -0.2) is 0 Å². The SMILES string of the molecule is CCc1ccc(C(=O)N2CCN(C(=O)c3ccc[nH]c3=O)CC2)cc1. The first-order valence-electron chi connectivity index (χ1n) is 8.45. The van der Waals surface area contributed by atoms with E-state index in [1.807, 2.05) is 24.3 Å². The molecule has 1 N–H and O–H groups in total. The third kappa shape index (κ3) is 3.63. The van der Waals surface area contributed by atoms with Crippen LogP contribution in [-0.2, 0) is 6.42 Å². The zero-order valence-electron chi connectivity index (χ0n) is 14.2. The second kappa shape index (κ2) is 7.34. The van der Waals surface area contributed by atoms with Crippen LogP contribution < -0.4 is 5.56 Å². The van der Waals surface area contributed by atoms with Gasteiger partial charge in [0.05, 0.1) is 0 Å². The number of aromatic nitrogens is 1. The molecule has 6 nitrogen and oxygen atoms in total. The van der Waals surface area contributed by atoms with Crippen molar-refractivity contribution in [2.75, 3.05) is 26.2 Å². The first kappa shape index (κ1) is 17.0. The lowest BCUT2D eigenvalue weighted by Gasteiger charge is -2.34. The molecular weight excluding hydrogens is 318 g/mol. The third-order valence-electron chi connectivity index (χ3n) is 4.51. The van der Waals surface area contributed by atoms with Crippen molar-refractivity contribution in [2.45, 2.75) is 13.3 Å². The molecule has 0 spiro atoms. The van der Waals surface area contributed by atoms with Crippen LogP contribution in [0.1, 0.15) is 33.2 Å². The molecule has 0 aliphatic carbocycles. The fraction of sp³-hybridized carbons (Fsp3) is 0.316. The number of hydrogen-bond donors (Lipinski definition) is 1.